The van der Waals surface area contributed by atoms with Gasteiger partial charge in [0.2, 0.25) is 0 Å². The van der Waals surface area contributed by atoms with E-state index in [1.165, 1.54) is 57.2 Å². The summed E-state index contributed by atoms with van der Waals surface area (Å²) in [6.45, 7) is 8.58. The first-order valence-electron chi connectivity index (χ1n) is 7.51. The third-order valence-electron chi connectivity index (χ3n) is 4.56. The molecule has 1 unspecified atom stereocenters. The summed E-state index contributed by atoms with van der Waals surface area (Å²) >= 11 is 0. The fraction of sp³-hybridized carbons (Fsp3) is 0.647. The highest BCUT2D eigenvalue weighted by molar-refractivity contribution is 5.17. The number of nitrogens with zero attached hydrogens (tertiary/aromatic N) is 1. The molecule has 1 saturated carbocycles. The predicted octanol–water partition coefficient (Wildman–Crippen LogP) is 4.33. The first-order chi connectivity index (χ1) is 8.81. The molecule has 2 aliphatic rings. The van der Waals surface area contributed by atoms with E-state index >= 15 is 0 Å². The Kier molecular flexibility index (Phi) is 5.25. The largest absolute Gasteiger partial charge is 0.300 e. The predicted molar refractivity (Wildman–Crippen MR) is 79.6 cm³/mol. The second kappa shape index (κ2) is 6.94. The van der Waals surface area contributed by atoms with Gasteiger partial charge in [-0.25, -0.2) is 0 Å². The highest BCUT2D eigenvalue weighted by Crippen LogP contribution is 2.30. The SMILES string of the molecule is C=C/C=C\C=C(/C)C1CCN(C2CCCCC2)C1. The van der Waals surface area contributed by atoms with Crippen molar-refractivity contribution in [2.45, 2.75) is 51.5 Å². The van der Waals surface area contributed by atoms with Crippen molar-refractivity contribution in [3.63, 3.8) is 0 Å². The molecule has 1 nitrogen and oxygen atoms in total. The molecule has 0 aromatic carbocycles. The summed E-state index contributed by atoms with van der Waals surface area (Å²) in [5.74, 6) is 0.779. The van der Waals surface area contributed by atoms with Gasteiger partial charge in [0.1, 0.15) is 0 Å². The summed E-state index contributed by atoms with van der Waals surface area (Å²) in [6.07, 6.45) is 16.8. The van der Waals surface area contributed by atoms with E-state index in [0.717, 1.165) is 12.0 Å². The molecule has 1 saturated heterocycles. The van der Waals surface area contributed by atoms with E-state index in [9.17, 15) is 0 Å². The minimum absolute atomic E-state index is 0.779. The fourth-order valence-electron chi connectivity index (χ4n) is 3.36. The molecule has 0 bridgehead atoms. The van der Waals surface area contributed by atoms with E-state index in [-0.39, 0.29) is 0 Å². The average molecular weight is 245 g/mol. The van der Waals surface area contributed by atoms with E-state index in [1.54, 1.807) is 0 Å². The summed E-state index contributed by atoms with van der Waals surface area (Å²) < 4.78 is 0. The van der Waals surface area contributed by atoms with E-state index in [0.29, 0.717) is 0 Å². The average Bonchev–Trinajstić information content (AvgIpc) is 2.89. The Hall–Kier alpha value is -0.820. The Morgan fingerprint density at radius 3 is 2.61 bits per heavy atom. The lowest BCUT2D eigenvalue weighted by Gasteiger charge is -2.31. The lowest BCUT2D eigenvalue weighted by molar-refractivity contribution is 0.187. The van der Waals surface area contributed by atoms with Gasteiger partial charge < -0.3 is 0 Å². The van der Waals surface area contributed by atoms with Crippen LogP contribution in [0.2, 0.25) is 0 Å². The molecule has 1 atom stereocenters. The Morgan fingerprint density at radius 2 is 1.89 bits per heavy atom. The molecule has 1 heteroatoms. The minimum atomic E-state index is 0.779. The van der Waals surface area contributed by atoms with E-state index < -0.39 is 0 Å². The van der Waals surface area contributed by atoms with Gasteiger partial charge in [0.25, 0.3) is 0 Å². The number of hydrogen-bond donors (Lipinski definition) is 0. The van der Waals surface area contributed by atoms with Crippen molar-refractivity contribution >= 4 is 0 Å². The highest BCUT2D eigenvalue weighted by Gasteiger charge is 2.29. The lowest BCUT2D eigenvalue weighted by Crippen LogP contribution is -2.34. The van der Waals surface area contributed by atoms with Crippen molar-refractivity contribution in [1.29, 1.82) is 0 Å². The molecule has 18 heavy (non-hydrogen) atoms. The molecule has 100 valence electrons. The van der Waals surface area contributed by atoms with Crippen LogP contribution in [0.25, 0.3) is 0 Å². The molecule has 2 fully saturated rings. The quantitative estimate of drug-likeness (QED) is 0.666. The maximum atomic E-state index is 3.70. The van der Waals surface area contributed by atoms with Gasteiger partial charge in [-0.3, -0.25) is 4.90 Å². The standard InChI is InChI=1S/C17H27N/c1-3-4-6-9-15(2)16-12-13-18(14-16)17-10-7-5-8-11-17/h3-4,6,9,16-17H,1,5,7-8,10-14H2,2H3/b6-4-,15-9+. The van der Waals surface area contributed by atoms with Crippen LogP contribution in [-0.2, 0) is 0 Å². The van der Waals surface area contributed by atoms with Crippen LogP contribution in [0.3, 0.4) is 0 Å². The molecule has 0 amide bonds. The van der Waals surface area contributed by atoms with Crippen LogP contribution < -0.4 is 0 Å². The maximum Gasteiger partial charge on any atom is 0.00955 e. The highest BCUT2D eigenvalue weighted by atomic mass is 15.2. The molecule has 2 rings (SSSR count). The van der Waals surface area contributed by atoms with Crippen molar-refractivity contribution in [3.05, 3.63) is 36.5 Å². The van der Waals surface area contributed by atoms with Gasteiger partial charge in [-0.05, 0) is 38.6 Å². The van der Waals surface area contributed by atoms with Crippen molar-refractivity contribution in [2.24, 2.45) is 5.92 Å². The molecule has 1 aliphatic carbocycles. The molecule has 0 radical (unpaired) electrons. The summed E-state index contributed by atoms with van der Waals surface area (Å²) in [6, 6.07) is 0.889. The zero-order valence-electron chi connectivity index (χ0n) is 11.8. The smallest absolute Gasteiger partial charge is 0.00955 e. The Labute approximate surface area is 112 Å². The summed E-state index contributed by atoms with van der Waals surface area (Å²) in [7, 11) is 0. The first-order valence-corrected chi connectivity index (χ1v) is 7.51. The Bertz CT molecular complexity index is 321. The third kappa shape index (κ3) is 3.58. The van der Waals surface area contributed by atoms with Gasteiger partial charge in [-0.1, -0.05) is 55.7 Å². The van der Waals surface area contributed by atoms with E-state index in [2.05, 4.69) is 30.6 Å². The Balaban J connectivity index is 1.85. The van der Waals surface area contributed by atoms with Gasteiger partial charge in [0, 0.05) is 12.6 Å². The van der Waals surface area contributed by atoms with Crippen LogP contribution >= 0.6 is 0 Å². The van der Waals surface area contributed by atoms with Crippen LogP contribution in [0.1, 0.15) is 45.4 Å². The van der Waals surface area contributed by atoms with Crippen molar-refractivity contribution in [1.82, 2.24) is 4.90 Å². The molecule has 0 spiro atoms. The van der Waals surface area contributed by atoms with Crippen LogP contribution in [0.4, 0.5) is 0 Å². The van der Waals surface area contributed by atoms with Crippen molar-refractivity contribution in [3.8, 4) is 0 Å². The van der Waals surface area contributed by atoms with Gasteiger partial charge in [0.05, 0.1) is 0 Å². The number of likely N-dealkylation sites (tertiary alicyclic amines) is 1. The summed E-state index contributed by atoms with van der Waals surface area (Å²) in [5, 5.41) is 0. The first kappa shape index (κ1) is 13.6. The van der Waals surface area contributed by atoms with Crippen LogP contribution in [0.15, 0.2) is 36.5 Å². The number of hydrogen-bond acceptors (Lipinski definition) is 1. The number of rotatable bonds is 4. The second-order valence-corrected chi connectivity index (χ2v) is 5.80. The van der Waals surface area contributed by atoms with Gasteiger partial charge in [-0.2, -0.15) is 0 Å². The molecule has 0 aromatic rings. The molecule has 1 heterocycles. The minimum Gasteiger partial charge on any atom is -0.300 e. The summed E-state index contributed by atoms with van der Waals surface area (Å²) in [4.78, 5) is 2.75. The third-order valence-corrected chi connectivity index (χ3v) is 4.56. The van der Waals surface area contributed by atoms with Crippen LogP contribution in [-0.4, -0.2) is 24.0 Å². The molecular weight excluding hydrogens is 218 g/mol. The zero-order chi connectivity index (χ0) is 12.8. The second-order valence-electron chi connectivity index (χ2n) is 5.80. The lowest BCUT2D eigenvalue weighted by atomic mass is 9.94. The van der Waals surface area contributed by atoms with Crippen molar-refractivity contribution in [2.75, 3.05) is 13.1 Å². The van der Waals surface area contributed by atoms with Crippen LogP contribution in [0, 0.1) is 5.92 Å². The van der Waals surface area contributed by atoms with Crippen molar-refractivity contribution < 1.29 is 0 Å². The molecule has 1 aliphatic heterocycles. The van der Waals surface area contributed by atoms with Gasteiger partial charge in [0.15, 0.2) is 0 Å². The zero-order valence-corrected chi connectivity index (χ0v) is 11.8. The summed E-state index contributed by atoms with van der Waals surface area (Å²) in [5.41, 5.74) is 1.53. The topological polar surface area (TPSA) is 3.24 Å². The van der Waals surface area contributed by atoms with E-state index in [1.807, 2.05) is 12.2 Å². The molecular formula is C17H27N. The number of allylic oxidation sites excluding steroid dienone is 4. The maximum absolute atomic E-state index is 3.70. The van der Waals surface area contributed by atoms with E-state index in [4.69, 9.17) is 0 Å². The van der Waals surface area contributed by atoms with Gasteiger partial charge >= 0.3 is 0 Å². The molecule has 0 N–H and O–H groups in total. The monoisotopic (exact) mass is 245 g/mol. The van der Waals surface area contributed by atoms with Gasteiger partial charge in [-0.15, -0.1) is 0 Å². The van der Waals surface area contributed by atoms with Crippen LogP contribution in [0.5, 0.6) is 0 Å². The Morgan fingerprint density at radius 1 is 1.11 bits per heavy atom. The fourth-order valence-corrected chi connectivity index (χ4v) is 3.36. The molecule has 0 aromatic heterocycles. The normalized spacial score (nSPS) is 28.1.